The van der Waals surface area contributed by atoms with Gasteiger partial charge in [0.2, 0.25) is 0 Å². The molecule has 3 N–H and O–H groups in total. The maximum atomic E-state index is 11.9. The van der Waals surface area contributed by atoms with E-state index in [-0.39, 0.29) is 35.8 Å². The van der Waals surface area contributed by atoms with E-state index in [9.17, 15) is 14.9 Å². The Labute approximate surface area is 116 Å². The fourth-order valence-corrected chi connectivity index (χ4v) is 1.59. The zero-order valence-corrected chi connectivity index (χ0v) is 11.3. The summed E-state index contributed by atoms with van der Waals surface area (Å²) in [6, 6.07) is 2.47. The van der Waals surface area contributed by atoms with E-state index >= 15 is 0 Å². The molecule has 0 heterocycles. The van der Waals surface area contributed by atoms with Crippen molar-refractivity contribution in [3.63, 3.8) is 0 Å². The number of nitrogens with zero attached hydrogens (tertiary/aromatic N) is 1. The number of rotatable bonds is 7. The van der Waals surface area contributed by atoms with Crippen LogP contribution in [0.3, 0.4) is 0 Å². The lowest BCUT2D eigenvalue weighted by Gasteiger charge is -2.11. The van der Waals surface area contributed by atoms with Crippen LogP contribution in [0.5, 0.6) is 11.5 Å². The van der Waals surface area contributed by atoms with Crippen LogP contribution >= 0.6 is 0 Å². The molecular weight excluding hydrogens is 266 g/mol. The number of nitro benzene ring substituents is 1. The van der Waals surface area contributed by atoms with Crippen molar-refractivity contribution in [1.82, 2.24) is 5.32 Å². The van der Waals surface area contributed by atoms with Crippen LogP contribution < -0.4 is 20.5 Å². The van der Waals surface area contributed by atoms with Crippen LogP contribution in [-0.2, 0) is 0 Å². The Bertz CT molecular complexity index is 504. The quantitative estimate of drug-likeness (QED) is 0.561. The number of hydrogen-bond donors (Lipinski definition) is 2. The Morgan fingerprint density at radius 1 is 1.45 bits per heavy atom. The van der Waals surface area contributed by atoms with Crippen LogP contribution in [-0.4, -0.2) is 37.6 Å². The van der Waals surface area contributed by atoms with Gasteiger partial charge in [-0.1, -0.05) is 0 Å². The first-order valence-electron chi connectivity index (χ1n) is 6.02. The van der Waals surface area contributed by atoms with E-state index in [1.54, 1.807) is 6.92 Å². The summed E-state index contributed by atoms with van der Waals surface area (Å²) < 4.78 is 10.3. The second-order valence-corrected chi connectivity index (χ2v) is 3.75. The molecule has 0 bridgehead atoms. The molecule has 0 aliphatic rings. The summed E-state index contributed by atoms with van der Waals surface area (Å²) in [5.41, 5.74) is 4.84. The second-order valence-electron chi connectivity index (χ2n) is 3.75. The normalized spacial score (nSPS) is 9.95. The molecule has 0 fully saturated rings. The molecule has 8 nitrogen and oxygen atoms in total. The fraction of sp³-hybridized carbons (Fsp3) is 0.417. The number of hydrogen-bond acceptors (Lipinski definition) is 6. The van der Waals surface area contributed by atoms with Gasteiger partial charge in [0.05, 0.1) is 24.7 Å². The van der Waals surface area contributed by atoms with Crippen LogP contribution in [0.2, 0.25) is 0 Å². The maximum Gasteiger partial charge on any atom is 0.286 e. The highest BCUT2D eigenvalue weighted by molar-refractivity contribution is 5.99. The molecule has 0 spiro atoms. The van der Waals surface area contributed by atoms with Gasteiger partial charge in [-0.05, 0) is 6.92 Å². The molecule has 0 atom stereocenters. The number of benzene rings is 1. The SMILES string of the molecule is CCOc1cc([N+](=O)[O-])c(C(=O)NCCN)cc1OC. The van der Waals surface area contributed by atoms with Gasteiger partial charge in [-0.3, -0.25) is 14.9 Å². The van der Waals surface area contributed by atoms with Crippen LogP contribution in [0.4, 0.5) is 5.69 Å². The number of nitro groups is 1. The average Bonchev–Trinajstić information content (AvgIpc) is 2.44. The molecule has 0 aliphatic heterocycles. The largest absolute Gasteiger partial charge is 0.493 e. The lowest BCUT2D eigenvalue weighted by atomic mass is 10.1. The standard InChI is InChI=1S/C12H17N3O5/c1-3-20-11-7-9(15(17)18)8(6-10(11)19-2)12(16)14-5-4-13/h6-7H,3-5,13H2,1-2H3,(H,14,16). The Balaban J connectivity index is 3.26. The third-order valence-electron chi connectivity index (χ3n) is 2.45. The molecule has 1 rings (SSSR count). The van der Waals surface area contributed by atoms with Crippen LogP contribution in [0.15, 0.2) is 12.1 Å². The summed E-state index contributed by atoms with van der Waals surface area (Å²) >= 11 is 0. The van der Waals surface area contributed by atoms with E-state index < -0.39 is 10.8 Å². The summed E-state index contributed by atoms with van der Waals surface area (Å²) in [7, 11) is 1.39. The van der Waals surface area contributed by atoms with E-state index in [4.69, 9.17) is 15.2 Å². The number of nitrogens with one attached hydrogen (secondary N) is 1. The number of nitrogens with two attached hydrogens (primary N) is 1. The minimum absolute atomic E-state index is 0.0937. The molecular formula is C12H17N3O5. The van der Waals surface area contributed by atoms with Gasteiger partial charge in [-0.15, -0.1) is 0 Å². The van der Waals surface area contributed by atoms with Crippen molar-refractivity contribution >= 4 is 11.6 Å². The molecule has 0 saturated heterocycles. The summed E-state index contributed by atoms with van der Waals surface area (Å²) in [5, 5.41) is 13.5. The molecule has 110 valence electrons. The third-order valence-corrected chi connectivity index (χ3v) is 2.45. The summed E-state index contributed by atoms with van der Waals surface area (Å²) in [6.07, 6.45) is 0. The summed E-state index contributed by atoms with van der Waals surface area (Å²) in [6.45, 7) is 2.54. The number of carbonyl (C=O) groups is 1. The van der Waals surface area contributed by atoms with Gasteiger partial charge in [0.1, 0.15) is 5.56 Å². The van der Waals surface area contributed by atoms with Crippen molar-refractivity contribution in [2.24, 2.45) is 5.73 Å². The van der Waals surface area contributed by atoms with Crippen molar-refractivity contribution in [3.8, 4) is 11.5 Å². The third kappa shape index (κ3) is 3.58. The first kappa shape index (κ1) is 15.7. The number of ether oxygens (including phenoxy) is 2. The topological polar surface area (TPSA) is 117 Å². The van der Waals surface area contributed by atoms with Crippen LogP contribution in [0, 0.1) is 10.1 Å². The van der Waals surface area contributed by atoms with Crippen molar-refractivity contribution < 1.29 is 19.2 Å². The fourth-order valence-electron chi connectivity index (χ4n) is 1.59. The number of methoxy groups -OCH3 is 1. The van der Waals surface area contributed by atoms with Gasteiger partial charge in [0.25, 0.3) is 11.6 Å². The minimum atomic E-state index is -0.640. The summed E-state index contributed by atoms with van der Waals surface area (Å²) in [4.78, 5) is 22.3. The van der Waals surface area contributed by atoms with E-state index in [0.29, 0.717) is 6.61 Å². The van der Waals surface area contributed by atoms with Crippen molar-refractivity contribution in [1.29, 1.82) is 0 Å². The predicted octanol–water partition coefficient (Wildman–Crippen LogP) is 0.691. The Morgan fingerprint density at radius 3 is 2.65 bits per heavy atom. The highest BCUT2D eigenvalue weighted by Crippen LogP contribution is 2.34. The lowest BCUT2D eigenvalue weighted by molar-refractivity contribution is -0.385. The first-order valence-corrected chi connectivity index (χ1v) is 6.02. The maximum absolute atomic E-state index is 11.9. The van der Waals surface area contributed by atoms with Gasteiger partial charge >= 0.3 is 0 Å². The van der Waals surface area contributed by atoms with Gasteiger partial charge in [-0.25, -0.2) is 0 Å². The number of carbonyl (C=O) groups excluding carboxylic acids is 1. The van der Waals surface area contributed by atoms with Crippen molar-refractivity contribution in [2.75, 3.05) is 26.8 Å². The predicted molar refractivity (Wildman–Crippen MR) is 72.2 cm³/mol. The smallest absolute Gasteiger partial charge is 0.286 e. The molecule has 1 aromatic rings. The number of amides is 1. The minimum Gasteiger partial charge on any atom is -0.493 e. The van der Waals surface area contributed by atoms with E-state index in [2.05, 4.69) is 5.32 Å². The van der Waals surface area contributed by atoms with Crippen LogP contribution in [0.1, 0.15) is 17.3 Å². The molecule has 0 aromatic heterocycles. The van der Waals surface area contributed by atoms with E-state index in [1.807, 2.05) is 0 Å². The van der Waals surface area contributed by atoms with Gasteiger partial charge in [0, 0.05) is 19.2 Å². The van der Waals surface area contributed by atoms with E-state index in [0.717, 1.165) is 0 Å². The Morgan fingerprint density at radius 2 is 2.15 bits per heavy atom. The molecule has 0 saturated carbocycles. The van der Waals surface area contributed by atoms with Gasteiger partial charge in [0.15, 0.2) is 11.5 Å². The highest BCUT2D eigenvalue weighted by atomic mass is 16.6. The van der Waals surface area contributed by atoms with Gasteiger partial charge < -0.3 is 20.5 Å². The lowest BCUT2D eigenvalue weighted by Crippen LogP contribution is -2.29. The highest BCUT2D eigenvalue weighted by Gasteiger charge is 2.24. The molecule has 20 heavy (non-hydrogen) atoms. The first-order chi connectivity index (χ1) is 9.54. The molecule has 8 heteroatoms. The van der Waals surface area contributed by atoms with Crippen LogP contribution in [0.25, 0.3) is 0 Å². The van der Waals surface area contributed by atoms with Gasteiger partial charge in [-0.2, -0.15) is 0 Å². The van der Waals surface area contributed by atoms with E-state index in [1.165, 1.54) is 19.2 Å². The van der Waals surface area contributed by atoms with Crippen molar-refractivity contribution in [3.05, 3.63) is 27.8 Å². The molecule has 0 radical (unpaired) electrons. The Kier molecular flexibility index (Phi) is 5.73. The molecule has 0 aliphatic carbocycles. The zero-order chi connectivity index (χ0) is 15.1. The summed E-state index contributed by atoms with van der Waals surface area (Å²) in [5.74, 6) is -0.101. The Hall–Kier alpha value is -2.35. The zero-order valence-electron chi connectivity index (χ0n) is 11.3. The molecule has 1 aromatic carbocycles. The second kappa shape index (κ2) is 7.29. The molecule has 0 unspecified atom stereocenters. The monoisotopic (exact) mass is 283 g/mol. The van der Waals surface area contributed by atoms with Crippen molar-refractivity contribution in [2.45, 2.75) is 6.92 Å². The molecule has 1 amide bonds. The average molecular weight is 283 g/mol.